The van der Waals surface area contributed by atoms with Crippen LogP contribution in [0.1, 0.15) is 67.2 Å². The van der Waals surface area contributed by atoms with Crippen molar-refractivity contribution in [2.24, 2.45) is 34.0 Å². The summed E-state index contributed by atoms with van der Waals surface area (Å²) in [6, 6.07) is 0. The number of fused-ring (bicyclic) bond motifs is 5. The molecular weight excluding hydrogens is 467 g/mol. The molecule has 0 amide bonds. The van der Waals surface area contributed by atoms with E-state index < -0.39 is 69.4 Å². The van der Waals surface area contributed by atoms with E-state index in [1.54, 1.807) is 47.6 Å². The van der Waals surface area contributed by atoms with Gasteiger partial charge in [0.15, 0.2) is 11.5 Å². The van der Waals surface area contributed by atoms with E-state index in [9.17, 15) is 24.6 Å². The molecule has 0 heterocycles. The molecule has 0 saturated heterocycles. The first kappa shape index (κ1) is 27.0. The highest BCUT2D eigenvalue weighted by molar-refractivity contribution is 6.01. The van der Waals surface area contributed by atoms with Gasteiger partial charge in [-0.3, -0.25) is 9.59 Å². The molecule has 200 valence electrons. The molecule has 8 heteroatoms. The molecule has 7 nitrogen and oxygen atoms in total. The van der Waals surface area contributed by atoms with E-state index in [1.165, 1.54) is 12.2 Å². The summed E-state index contributed by atoms with van der Waals surface area (Å²) in [6.07, 6.45) is 2.44. The zero-order valence-electron chi connectivity index (χ0n) is 22.3. The lowest BCUT2D eigenvalue weighted by molar-refractivity contribution is -0.247. The molecule has 0 aromatic rings. The minimum Gasteiger partial charge on any atom is -0.466 e. The fourth-order valence-corrected chi connectivity index (χ4v) is 7.84. The van der Waals surface area contributed by atoms with E-state index in [2.05, 4.69) is 0 Å². The number of allylic oxidation sites excluding steroid dienone is 4. The van der Waals surface area contributed by atoms with Gasteiger partial charge in [-0.05, 0) is 77.4 Å². The number of carbonyl (C=O) groups is 3. The smallest absolute Gasteiger partial charge is 0.350 e. The maximum atomic E-state index is 17.3. The van der Waals surface area contributed by atoms with Crippen LogP contribution in [-0.2, 0) is 23.9 Å². The number of methoxy groups -OCH3 is 1. The Hall–Kier alpha value is -2.06. The zero-order chi connectivity index (χ0) is 27.1. The molecule has 9 atom stereocenters. The predicted octanol–water partition coefficient (Wildman–Crippen LogP) is 3.47. The monoisotopic (exact) mass is 506 g/mol. The predicted molar refractivity (Wildman–Crippen MR) is 129 cm³/mol. The molecule has 4 rings (SSSR count). The molecule has 3 saturated carbocycles. The number of hydrogen-bond acceptors (Lipinski definition) is 7. The van der Waals surface area contributed by atoms with Crippen LogP contribution in [0.3, 0.4) is 0 Å². The molecule has 0 unspecified atom stereocenters. The zero-order valence-corrected chi connectivity index (χ0v) is 22.3. The first-order chi connectivity index (χ1) is 16.5. The van der Waals surface area contributed by atoms with Crippen LogP contribution >= 0.6 is 0 Å². The highest BCUT2D eigenvalue weighted by Gasteiger charge is 2.76. The Balaban J connectivity index is 1.80. The Bertz CT molecular complexity index is 1040. The lowest BCUT2D eigenvalue weighted by Gasteiger charge is -2.63. The van der Waals surface area contributed by atoms with E-state index in [4.69, 9.17) is 9.47 Å². The maximum absolute atomic E-state index is 17.3. The average molecular weight is 507 g/mol. The lowest BCUT2D eigenvalue weighted by Crippen LogP contribution is -2.70. The van der Waals surface area contributed by atoms with Crippen molar-refractivity contribution in [3.63, 3.8) is 0 Å². The molecule has 36 heavy (non-hydrogen) atoms. The summed E-state index contributed by atoms with van der Waals surface area (Å²) in [5.74, 6) is -3.34. The topological polar surface area (TPSA) is 110 Å². The van der Waals surface area contributed by atoms with Crippen LogP contribution in [0, 0.1) is 34.0 Å². The van der Waals surface area contributed by atoms with E-state index in [1.807, 2.05) is 0 Å². The van der Waals surface area contributed by atoms with Crippen LogP contribution in [0.5, 0.6) is 0 Å². The first-order valence-electron chi connectivity index (χ1n) is 12.8. The van der Waals surface area contributed by atoms with Gasteiger partial charge in [-0.25, -0.2) is 9.18 Å². The highest BCUT2D eigenvalue weighted by atomic mass is 19.1. The molecule has 0 aromatic heterocycles. The van der Waals surface area contributed by atoms with Crippen molar-refractivity contribution in [3.8, 4) is 0 Å². The third-order valence-electron chi connectivity index (χ3n) is 9.96. The van der Waals surface area contributed by atoms with E-state index in [-0.39, 0.29) is 12.2 Å². The van der Waals surface area contributed by atoms with Crippen molar-refractivity contribution < 1.29 is 38.5 Å². The van der Waals surface area contributed by atoms with Gasteiger partial charge in [0, 0.05) is 16.7 Å². The fraction of sp³-hybridized carbons (Fsp3) is 0.750. The van der Waals surface area contributed by atoms with Crippen molar-refractivity contribution >= 4 is 17.7 Å². The summed E-state index contributed by atoms with van der Waals surface area (Å²) >= 11 is 0. The summed E-state index contributed by atoms with van der Waals surface area (Å²) in [5.41, 5.74) is -6.51. The molecule has 0 spiro atoms. The first-order valence-corrected chi connectivity index (χ1v) is 12.8. The maximum Gasteiger partial charge on any atom is 0.350 e. The third-order valence-corrected chi connectivity index (χ3v) is 9.96. The van der Waals surface area contributed by atoms with E-state index in [0.29, 0.717) is 24.8 Å². The van der Waals surface area contributed by atoms with Crippen LogP contribution < -0.4 is 0 Å². The number of aliphatic hydroxyl groups excluding tert-OH is 1. The van der Waals surface area contributed by atoms with Crippen molar-refractivity contribution in [1.82, 2.24) is 0 Å². The van der Waals surface area contributed by atoms with Gasteiger partial charge in [0.1, 0.15) is 5.60 Å². The standard InChI is InChI=1S/C28H39FO7/c1-15-12-19-18-9-8-16-13-17(30)10-11-25(16,5)27(18,29)20(31)14-26(19,6)28(15,34)21(22(32)35-7)36-23(33)24(2,3)4/h10-11,13,15,18-21,31,34H,8-9,12,14H2,1-7H3/t15-,18+,19+,20+,21+,25+,26+,27+,28+/m1/s1. The molecule has 0 bridgehead atoms. The van der Waals surface area contributed by atoms with Gasteiger partial charge in [0.05, 0.1) is 18.6 Å². The summed E-state index contributed by atoms with van der Waals surface area (Å²) < 4.78 is 27.9. The minimum absolute atomic E-state index is 0.142. The van der Waals surface area contributed by atoms with Gasteiger partial charge < -0.3 is 19.7 Å². The Kier molecular flexibility index (Phi) is 6.16. The van der Waals surface area contributed by atoms with E-state index in [0.717, 1.165) is 7.11 Å². The highest BCUT2D eigenvalue weighted by Crippen LogP contribution is 2.71. The number of esters is 2. The Labute approximate surface area is 212 Å². The Morgan fingerprint density at radius 2 is 1.86 bits per heavy atom. The summed E-state index contributed by atoms with van der Waals surface area (Å²) in [7, 11) is 1.16. The molecule has 4 aliphatic rings. The molecule has 0 aromatic carbocycles. The number of aliphatic hydroxyl groups is 2. The van der Waals surface area contributed by atoms with Gasteiger partial charge in [-0.15, -0.1) is 0 Å². The normalized spacial score (nSPS) is 44.6. The largest absolute Gasteiger partial charge is 0.466 e. The van der Waals surface area contributed by atoms with Crippen LogP contribution in [0.2, 0.25) is 0 Å². The number of halogens is 1. The summed E-state index contributed by atoms with van der Waals surface area (Å²) in [5, 5.41) is 23.8. The van der Waals surface area contributed by atoms with Gasteiger partial charge >= 0.3 is 11.9 Å². The molecular formula is C28H39FO7. The minimum atomic E-state index is -2.06. The second kappa shape index (κ2) is 8.22. The van der Waals surface area contributed by atoms with Gasteiger partial charge in [0.2, 0.25) is 6.10 Å². The number of alkyl halides is 1. The van der Waals surface area contributed by atoms with Crippen LogP contribution in [0.4, 0.5) is 4.39 Å². The Morgan fingerprint density at radius 1 is 1.22 bits per heavy atom. The SMILES string of the molecule is COC(=O)[C@H](OC(=O)C(C)(C)C)[C@@]1(O)[C@H](C)C[C@H]2[C@@H]3CCC4=CC(=O)C=C[C@]4(C)[C@@]3(F)[C@@H](O)C[C@@]21C. The lowest BCUT2D eigenvalue weighted by atomic mass is 9.44. The molecule has 2 N–H and O–H groups in total. The van der Waals surface area contributed by atoms with Gasteiger partial charge in [0.25, 0.3) is 0 Å². The van der Waals surface area contributed by atoms with Crippen molar-refractivity contribution in [1.29, 1.82) is 0 Å². The van der Waals surface area contributed by atoms with Crippen molar-refractivity contribution in [2.45, 2.75) is 90.7 Å². The van der Waals surface area contributed by atoms with Crippen molar-refractivity contribution in [2.75, 3.05) is 7.11 Å². The molecule has 0 aliphatic heterocycles. The number of ether oxygens (including phenoxy) is 2. The number of hydrogen-bond donors (Lipinski definition) is 2. The number of ketones is 1. The van der Waals surface area contributed by atoms with Crippen molar-refractivity contribution in [3.05, 3.63) is 23.8 Å². The second-order valence-electron chi connectivity index (χ2n) is 12.8. The Morgan fingerprint density at radius 3 is 2.44 bits per heavy atom. The van der Waals surface area contributed by atoms with E-state index >= 15 is 4.39 Å². The third kappa shape index (κ3) is 3.32. The van der Waals surface area contributed by atoms with Crippen LogP contribution in [0.15, 0.2) is 23.8 Å². The fourth-order valence-electron chi connectivity index (χ4n) is 7.84. The van der Waals surface area contributed by atoms with Crippen LogP contribution in [0.25, 0.3) is 0 Å². The molecule has 3 fully saturated rings. The molecule has 0 radical (unpaired) electrons. The summed E-state index contributed by atoms with van der Waals surface area (Å²) in [6.45, 7) is 10.2. The van der Waals surface area contributed by atoms with Crippen LogP contribution in [-0.4, -0.2) is 58.5 Å². The molecule has 4 aliphatic carbocycles. The summed E-state index contributed by atoms with van der Waals surface area (Å²) in [4.78, 5) is 37.9. The average Bonchev–Trinajstić information content (AvgIpc) is 2.98. The number of rotatable bonds is 3. The second-order valence-corrected chi connectivity index (χ2v) is 12.8. The van der Waals surface area contributed by atoms with Gasteiger partial charge in [-0.1, -0.05) is 25.5 Å². The number of carbonyl (C=O) groups excluding carboxylic acids is 3. The van der Waals surface area contributed by atoms with Gasteiger partial charge in [-0.2, -0.15) is 0 Å². The quantitative estimate of drug-likeness (QED) is 0.564.